The van der Waals surface area contributed by atoms with E-state index in [4.69, 9.17) is 9.84 Å². The molecule has 0 aromatic heterocycles. The van der Waals surface area contributed by atoms with Crippen molar-refractivity contribution in [1.29, 1.82) is 0 Å². The van der Waals surface area contributed by atoms with E-state index in [-0.39, 0.29) is 12.4 Å². The van der Waals surface area contributed by atoms with E-state index < -0.39 is 0 Å². The zero-order chi connectivity index (χ0) is 13.0. The molecule has 1 N–H and O–H groups in total. The summed E-state index contributed by atoms with van der Waals surface area (Å²) >= 11 is 0. The second kappa shape index (κ2) is 5.98. The monoisotopic (exact) mass is 249 g/mol. The number of Topliss-reactive ketones (excluding diaryl/α,β-unsaturated/α-hetero) is 1. The maximum atomic E-state index is 12.1. The highest BCUT2D eigenvalue weighted by Gasteiger charge is 2.23. The van der Waals surface area contributed by atoms with Gasteiger partial charge in [0.15, 0.2) is 5.78 Å². The molecular weight excluding hydrogens is 230 g/mol. The maximum Gasteiger partial charge on any atom is 0.176 e. The maximum absolute atomic E-state index is 12.1. The quantitative estimate of drug-likeness (QED) is 0.796. The highest BCUT2D eigenvalue weighted by molar-refractivity contribution is 5.97. The predicted molar refractivity (Wildman–Crippen MR) is 69.0 cm³/mol. The molecule has 0 aliphatic carbocycles. The molecular formula is C14H19NO3. The van der Waals surface area contributed by atoms with Crippen molar-refractivity contribution in [3.05, 3.63) is 29.8 Å². The van der Waals surface area contributed by atoms with Gasteiger partial charge in [0.2, 0.25) is 0 Å². The van der Waals surface area contributed by atoms with Gasteiger partial charge in [-0.3, -0.25) is 9.69 Å². The van der Waals surface area contributed by atoms with Gasteiger partial charge in [0.25, 0.3) is 0 Å². The number of hydrogen-bond donors (Lipinski definition) is 1. The van der Waals surface area contributed by atoms with Gasteiger partial charge < -0.3 is 9.84 Å². The number of ketones is 1. The normalized spacial score (nSPS) is 20.0. The third-order valence-corrected chi connectivity index (χ3v) is 3.41. The van der Waals surface area contributed by atoms with Crippen LogP contribution in [0, 0.1) is 5.92 Å². The third-order valence-electron chi connectivity index (χ3n) is 3.41. The molecule has 1 fully saturated rings. The number of likely N-dealkylation sites (tertiary alicyclic amines) is 1. The predicted octanol–water partition coefficient (Wildman–Crippen LogP) is 1.19. The van der Waals surface area contributed by atoms with Gasteiger partial charge in [-0.2, -0.15) is 0 Å². The van der Waals surface area contributed by atoms with Crippen molar-refractivity contribution in [2.45, 2.75) is 6.42 Å². The van der Waals surface area contributed by atoms with Gasteiger partial charge in [-0.05, 0) is 43.1 Å². The second-order valence-electron chi connectivity index (χ2n) is 4.72. The van der Waals surface area contributed by atoms with Crippen molar-refractivity contribution in [3.8, 4) is 5.75 Å². The first-order valence-electron chi connectivity index (χ1n) is 6.23. The summed E-state index contributed by atoms with van der Waals surface area (Å²) in [6.45, 7) is 2.36. The van der Waals surface area contributed by atoms with Crippen LogP contribution in [-0.2, 0) is 0 Å². The number of nitrogens with zero attached hydrogens (tertiary/aromatic N) is 1. The molecule has 4 heteroatoms. The first-order chi connectivity index (χ1) is 8.72. The Morgan fingerprint density at radius 2 is 2.17 bits per heavy atom. The van der Waals surface area contributed by atoms with E-state index in [1.165, 1.54) is 0 Å². The molecule has 0 saturated carbocycles. The van der Waals surface area contributed by atoms with E-state index in [9.17, 15) is 4.79 Å². The number of aliphatic hydroxyl groups excluding tert-OH is 1. The van der Waals surface area contributed by atoms with Crippen molar-refractivity contribution in [1.82, 2.24) is 4.90 Å². The van der Waals surface area contributed by atoms with Crippen molar-refractivity contribution < 1.29 is 14.6 Å². The number of carbonyl (C=O) groups excluding carboxylic acids is 1. The lowest BCUT2D eigenvalue weighted by molar-refractivity contribution is 0.0940. The fraction of sp³-hybridized carbons (Fsp3) is 0.500. The number of methoxy groups -OCH3 is 1. The molecule has 1 aliphatic heterocycles. The molecule has 1 aliphatic rings. The average Bonchev–Trinajstić information content (AvgIpc) is 2.86. The molecule has 0 spiro atoms. The summed E-state index contributed by atoms with van der Waals surface area (Å²) in [6.07, 6.45) is 0.979. The van der Waals surface area contributed by atoms with E-state index in [0.717, 1.165) is 25.3 Å². The summed E-state index contributed by atoms with van der Waals surface area (Å²) in [5.74, 6) is 1.21. The fourth-order valence-corrected chi connectivity index (χ4v) is 2.28. The molecule has 98 valence electrons. The summed E-state index contributed by atoms with van der Waals surface area (Å²) < 4.78 is 5.06. The third kappa shape index (κ3) is 3.09. The van der Waals surface area contributed by atoms with Gasteiger partial charge in [0, 0.05) is 18.7 Å². The summed E-state index contributed by atoms with van der Waals surface area (Å²) in [7, 11) is 1.61. The first-order valence-corrected chi connectivity index (χ1v) is 6.23. The molecule has 1 aromatic rings. The number of hydrogen-bond acceptors (Lipinski definition) is 4. The summed E-state index contributed by atoms with van der Waals surface area (Å²) in [5.41, 5.74) is 0.711. The van der Waals surface area contributed by atoms with Gasteiger partial charge in [0.1, 0.15) is 5.75 Å². The molecule has 1 saturated heterocycles. The Balaban J connectivity index is 1.91. The lowest BCUT2D eigenvalue weighted by Crippen LogP contribution is -2.28. The van der Waals surface area contributed by atoms with Crippen LogP contribution >= 0.6 is 0 Å². The van der Waals surface area contributed by atoms with Crippen LogP contribution in [0.3, 0.4) is 0 Å². The van der Waals surface area contributed by atoms with Crippen molar-refractivity contribution in [2.24, 2.45) is 5.92 Å². The molecule has 0 bridgehead atoms. The van der Waals surface area contributed by atoms with Gasteiger partial charge >= 0.3 is 0 Å². The van der Waals surface area contributed by atoms with Crippen LogP contribution in [0.25, 0.3) is 0 Å². The molecule has 4 nitrogen and oxygen atoms in total. The zero-order valence-electron chi connectivity index (χ0n) is 10.6. The minimum Gasteiger partial charge on any atom is -0.497 e. The van der Waals surface area contributed by atoms with Crippen LogP contribution in [0.2, 0.25) is 0 Å². The van der Waals surface area contributed by atoms with Gasteiger partial charge in [-0.25, -0.2) is 0 Å². The molecule has 1 heterocycles. The van der Waals surface area contributed by atoms with Crippen LogP contribution in [0.15, 0.2) is 24.3 Å². The number of ether oxygens (including phenoxy) is 1. The molecule has 1 aromatic carbocycles. The lowest BCUT2D eigenvalue weighted by atomic mass is 10.1. The van der Waals surface area contributed by atoms with E-state index in [1.54, 1.807) is 31.4 Å². The van der Waals surface area contributed by atoms with Crippen LogP contribution in [0.5, 0.6) is 5.75 Å². The summed E-state index contributed by atoms with van der Waals surface area (Å²) in [4.78, 5) is 14.2. The second-order valence-corrected chi connectivity index (χ2v) is 4.72. The van der Waals surface area contributed by atoms with Gasteiger partial charge in [-0.1, -0.05) is 0 Å². The zero-order valence-corrected chi connectivity index (χ0v) is 10.6. The summed E-state index contributed by atoms with van der Waals surface area (Å²) in [5, 5.41) is 9.07. The van der Waals surface area contributed by atoms with E-state index in [0.29, 0.717) is 18.0 Å². The minimum absolute atomic E-state index is 0.122. The SMILES string of the molecule is COc1ccc(C(=O)CN2CCC(CO)C2)cc1. The highest BCUT2D eigenvalue weighted by atomic mass is 16.5. The Hall–Kier alpha value is -1.39. The van der Waals surface area contributed by atoms with Crippen LogP contribution in [0.1, 0.15) is 16.8 Å². The van der Waals surface area contributed by atoms with Crippen LogP contribution in [0.4, 0.5) is 0 Å². The Labute approximate surface area is 107 Å². The lowest BCUT2D eigenvalue weighted by Gasteiger charge is -2.14. The van der Waals surface area contributed by atoms with Crippen LogP contribution in [-0.4, -0.2) is 49.1 Å². The number of benzene rings is 1. The van der Waals surface area contributed by atoms with E-state index in [1.807, 2.05) is 0 Å². The average molecular weight is 249 g/mol. The molecule has 2 rings (SSSR count). The van der Waals surface area contributed by atoms with Crippen molar-refractivity contribution in [3.63, 3.8) is 0 Å². The summed E-state index contributed by atoms with van der Waals surface area (Å²) in [6, 6.07) is 7.18. The van der Waals surface area contributed by atoms with E-state index >= 15 is 0 Å². The van der Waals surface area contributed by atoms with Crippen molar-refractivity contribution in [2.75, 3.05) is 33.4 Å². The number of carbonyl (C=O) groups is 1. The topological polar surface area (TPSA) is 49.8 Å². The molecule has 0 radical (unpaired) electrons. The molecule has 0 amide bonds. The smallest absolute Gasteiger partial charge is 0.176 e. The molecule has 1 unspecified atom stereocenters. The Kier molecular flexibility index (Phi) is 4.33. The first kappa shape index (κ1) is 13.1. The molecule has 1 atom stereocenters. The van der Waals surface area contributed by atoms with Gasteiger partial charge in [-0.15, -0.1) is 0 Å². The van der Waals surface area contributed by atoms with Crippen LogP contribution < -0.4 is 4.74 Å². The van der Waals surface area contributed by atoms with E-state index in [2.05, 4.69) is 4.90 Å². The standard InChI is InChI=1S/C14H19NO3/c1-18-13-4-2-12(3-5-13)14(17)9-15-7-6-11(8-15)10-16/h2-5,11,16H,6-10H2,1H3. The van der Waals surface area contributed by atoms with Crippen molar-refractivity contribution >= 4 is 5.78 Å². The Morgan fingerprint density at radius 1 is 1.44 bits per heavy atom. The molecule has 18 heavy (non-hydrogen) atoms. The minimum atomic E-state index is 0.122. The number of aliphatic hydroxyl groups is 1. The number of rotatable bonds is 5. The Bertz CT molecular complexity index is 402. The van der Waals surface area contributed by atoms with Gasteiger partial charge in [0.05, 0.1) is 13.7 Å². The Morgan fingerprint density at radius 3 is 2.72 bits per heavy atom. The fourth-order valence-electron chi connectivity index (χ4n) is 2.28. The largest absolute Gasteiger partial charge is 0.497 e. The highest BCUT2D eigenvalue weighted by Crippen LogP contribution is 2.17.